The second-order valence-electron chi connectivity index (χ2n) is 6.01. The summed E-state index contributed by atoms with van der Waals surface area (Å²) in [6.07, 6.45) is 0. The van der Waals surface area contributed by atoms with Gasteiger partial charge in [-0.05, 0) is 26.2 Å². The molecule has 0 aromatic carbocycles. The molecule has 0 fully saturated rings. The van der Waals surface area contributed by atoms with E-state index >= 15 is 0 Å². The Kier molecular flexibility index (Phi) is 9.96. The number of hydrogen-bond donors (Lipinski definition) is 0. The zero-order valence-corrected chi connectivity index (χ0v) is 16.6. The van der Waals surface area contributed by atoms with Gasteiger partial charge in [-0.1, -0.05) is 52.9 Å². The zero-order chi connectivity index (χ0) is 14.9. The van der Waals surface area contributed by atoms with Crippen LogP contribution in [0, 0.1) is 0 Å². The Hall–Kier alpha value is 0.0938. The third-order valence-electron chi connectivity index (χ3n) is 4.30. The zero-order valence-electron chi connectivity index (χ0n) is 14.2. The van der Waals surface area contributed by atoms with E-state index in [0.29, 0.717) is 0 Å². The van der Waals surface area contributed by atoms with Gasteiger partial charge >= 0.3 is 0 Å². The van der Waals surface area contributed by atoms with E-state index < -0.39 is 8.07 Å². The van der Waals surface area contributed by atoms with E-state index in [1.165, 1.54) is 38.3 Å². The molecule has 0 bridgehead atoms. The van der Waals surface area contributed by atoms with Crippen LogP contribution in [0.25, 0.3) is 0 Å². The van der Waals surface area contributed by atoms with Crippen molar-refractivity contribution in [2.45, 2.75) is 58.7 Å². The fraction of sp³-hybridized carbons (Fsp3) is 0.867. The van der Waals surface area contributed by atoms with Crippen molar-refractivity contribution in [2.75, 3.05) is 26.2 Å². The molecule has 0 rings (SSSR count). The molecule has 0 aromatic rings. The van der Waals surface area contributed by atoms with Crippen LogP contribution in [0.4, 0.5) is 0 Å². The van der Waals surface area contributed by atoms with Gasteiger partial charge in [0.15, 0.2) is 0 Å². The summed E-state index contributed by atoms with van der Waals surface area (Å²) >= 11 is 0. The SMILES string of the molecule is C=C[Si](C)(C)CC[SiH2]C(N(CC)CC)N(CC)CC. The maximum absolute atomic E-state index is 4.02. The lowest BCUT2D eigenvalue weighted by Gasteiger charge is -2.38. The van der Waals surface area contributed by atoms with Gasteiger partial charge in [0.05, 0.1) is 17.6 Å². The van der Waals surface area contributed by atoms with Gasteiger partial charge < -0.3 is 0 Å². The van der Waals surface area contributed by atoms with E-state index in [2.05, 4.69) is 62.9 Å². The van der Waals surface area contributed by atoms with E-state index in [1.807, 2.05) is 0 Å². The second kappa shape index (κ2) is 9.91. The van der Waals surface area contributed by atoms with Crippen LogP contribution in [-0.4, -0.2) is 59.4 Å². The van der Waals surface area contributed by atoms with Crippen molar-refractivity contribution >= 4 is 17.6 Å². The van der Waals surface area contributed by atoms with Crippen LogP contribution in [0.1, 0.15) is 27.7 Å². The fourth-order valence-electron chi connectivity index (χ4n) is 2.73. The Bertz CT molecular complexity index is 224. The summed E-state index contributed by atoms with van der Waals surface area (Å²) in [6.45, 7) is 22.9. The highest BCUT2D eigenvalue weighted by atomic mass is 28.3. The molecular formula is C15H36N2Si2. The standard InChI is InChI=1S/C15H36N2Si2/c1-8-16(9-2)15(17(10-3)11-4)18-13-14-19(6,7)12-5/h12,15H,5,8-11,13-14,18H2,1-4,6-7H3. The van der Waals surface area contributed by atoms with Gasteiger partial charge in [-0.3, -0.25) is 9.80 Å². The minimum atomic E-state index is -1.09. The topological polar surface area (TPSA) is 6.48 Å². The largest absolute Gasteiger partial charge is 0.292 e. The first-order valence-electron chi connectivity index (χ1n) is 8.07. The average Bonchev–Trinajstić information content (AvgIpc) is 2.40. The summed E-state index contributed by atoms with van der Waals surface area (Å²) in [5.41, 5.74) is 2.26. The summed E-state index contributed by atoms with van der Waals surface area (Å²) in [4.78, 5) is 5.34. The van der Waals surface area contributed by atoms with Crippen LogP contribution in [0.5, 0.6) is 0 Å². The van der Waals surface area contributed by atoms with Crippen molar-refractivity contribution in [3.05, 3.63) is 12.3 Å². The molecule has 0 aliphatic heterocycles. The summed E-state index contributed by atoms with van der Waals surface area (Å²) in [5, 5.41) is 0. The number of nitrogens with zero attached hydrogens (tertiary/aromatic N) is 2. The predicted molar refractivity (Wildman–Crippen MR) is 95.5 cm³/mol. The van der Waals surface area contributed by atoms with Crippen LogP contribution in [0.15, 0.2) is 12.3 Å². The van der Waals surface area contributed by atoms with E-state index in [0.717, 1.165) is 5.79 Å². The van der Waals surface area contributed by atoms with Gasteiger partial charge in [-0.15, -0.1) is 12.3 Å². The Morgan fingerprint density at radius 1 is 1.00 bits per heavy atom. The Morgan fingerprint density at radius 2 is 1.42 bits per heavy atom. The molecule has 0 saturated carbocycles. The molecule has 0 unspecified atom stereocenters. The van der Waals surface area contributed by atoms with E-state index in [-0.39, 0.29) is 9.52 Å². The summed E-state index contributed by atoms with van der Waals surface area (Å²) in [5.74, 6) is 0.764. The molecule has 0 aliphatic rings. The van der Waals surface area contributed by atoms with Crippen LogP contribution in [-0.2, 0) is 0 Å². The first-order valence-corrected chi connectivity index (χ1v) is 13.2. The molecule has 19 heavy (non-hydrogen) atoms. The maximum atomic E-state index is 4.02. The number of rotatable bonds is 11. The van der Waals surface area contributed by atoms with Crippen LogP contribution in [0.3, 0.4) is 0 Å². The quantitative estimate of drug-likeness (QED) is 0.427. The Morgan fingerprint density at radius 3 is 1.74 bits per heavy atom. The van der Waals surface area contributed by atoms with Crippen molar-refractivity contribution in [2.24, 2.45) is 0 Å². The molecule has 4 heteroatoms. The van der Waals surface area contributed by atoms with Crippen molar-refractivity contribution in [3.63, 3.8) is 0 Å². The molecule has 0 spiro atoms. The van der Waals surface area contributed by atoms with Gasteiger partial charge in [0.25, 0.3) is 0 Å². The molecule has 0 aliphatic carbocycles. The molecule has 0 radical (unpaired) electrons. The van der Waals surface area contributed by atoms with Crippen LogP contribution in [0.2, 0.25) is 25.2 Å². The van der Waals surface area contributed by atoms with Crippen molar-refractivity contribution in [3.8, 4) is 0 Å². The first-order chi connectivity index (χ1) is 8.95. The molecule has 114 valence electrons. The normalized spacial score (nSPS) is 13.3. The molecule has 0 aromatic heterocycles. The fourth-order valence-corrected chi connectivity index (χ4v) is 9.52. The minimum absolute atomic E-state index is 0.0639. The molecule has 0 heterocycles. The lowest BCUT2D eigenvalue weighted by molar-refractivity contribution is 0.115. The Balaban J connectivity index is 4.54. The summed E-state index contributed by atoms with van der Waals surface area (Å²) in [6, 6.07) is 2.91. The minimum Gasteiger partial charge on any atom is -0.292 e. The highest BCUT2D eigenvalue weighted by molar-refractivity contribution is 6.82. The highest BCUT2D eigenvalue weighted by Gasteiger charge is 2.23. The first kappa shape index (κ1) is 19.1. The monoisotopic (exact) mass is 300 g/mol. The second-order valence-corrected chi connectivity index (χ2v) is 12.9. The molecular weight excluding hydrogens is 264 g/mol. The van der Waals surface area contributed by atoms with Gasteiger partial charge in [-0.25, -0.2) is 0 Å². The Labute approximate surface area is 125 Å². The summed E-state index contributed by atoms with van der Waals surface area (Å²) in [7, 11) is -1.16. The van der Waals surface area contributed by atoms with E-state index in [4.69, 9.17) is 0 Å². The third-order valence-corrected chi connectivity index (χ3v) is 10.1. The van der Waals surface area contributed by atoms with Crippen LogP contribution >= 0.6 is 0 Å². The molecule has 0 saturated heterocycles. The average molecular weight is 301 g/mol. The molecule has 0 N–H and O–H groups in total. The van der Waals surface area contributed by atoms with Crippen molar-refractivity contribution in [1.82, 2.24) is 9.80 Å². The lowest BCUT2D eigenvalue weighted by atomic mass is 10.5. The highest BCUT2D eigenvalue weighted by Crippen LogP contribution is 2.15. The molecule has 0 atom stereocenters. The molecule has 2 nitrogen and oxygen atoms in total. The number of hydrogen-bond acceptors (Lipinski definition) is 2. The van der Waals surface area contributed by atoms with Gasteiger partial charge in [0, 0.05) is 5.79 Å². The lowest BCUT2D eigenvalue weighted by Crippen LogP contribution is -2.52. The summed E-state index contributed by atoms with van der Waals surface area (Å²) < 4.78 is 0. The van der Waals surface area contributed by atoms with Crippen molar-refractivity contribution < 1.29 is 0 Å². The predicted octanol–water partition coefficient (Wildman–Crippen LogP) is 2.97. The van der Waals surface area contributed by atoms with Crippen molar-refractivity contribution in [1.29, 1.82) is 0 Å². The van der Waals surface area contributed by atoms with E-state index in [1.54, 1.807) is 0 Å². The third kappa shape index (κ3) is 6.88. The van der Waals surface area contributed by atoms with Gasteiger partial charge in [-0.2, -0.15) is 0 Å². The molecule has 0 amide bonds. The van der Waals surface area contributed by atoms with Gasteiger partial charge in [0.2, 0.25) is 0 Å². The van der Waals surface area contributed by atoms with Gasteiger partial charge in [0.1, 0.15) is 0 Å². The van der Waals surface area contributed by atoms with Crippen LogP contribution < -0.4 is 0 Å². The maximum Gasteiger partial charge on any atom is 0.0706 e. The van der Waals surface area contributed by atoms with E-state index in [9.17, 15) is 0 Å². The smallest absolute Gasteiger partial charge is 0.0706 e.